The highest BCUT2D eigenvalue weighted by atomic mass is 19.1. The average molecular weight is 270 g/mol. The van der Waals surface area contributed by atoms with Gasteiger partial charge in [0.25, 0.3) is 5.89 Å². The molecule has 3 aromatic rings. The minimum Gasteiger partial charge on any atom is -0.416 e. The molecule has 5 heteroatoms. The molecule has 3 rings (SSSR count). The van der Waals surface area contributed by atoms with Crippen molar-refractivity contribution in [3.63, 3.8) is 0 Å². The smallest absolute Gasteiger partial charge is 0.251 e. The van der Waals surface area contributed by atoms with Crippen LogP contribution in [0.4, 0.5) is 4.39 Å². The third kappa shape index (κ3) is 2.31. The van der Waals surface area contributed by atoms with Crippen molar-refractivity contribution < 1.29 is 13.9 Å². The summed E-state index contributed by atoms with van der Waals surface area (Å²) >= 11 is 0. The highest BCUT2D eigenvalue weighted by molar-refractivity contribution is 5.58. The molecule has 1 aromatic heterocycles. The second-order valence-electron chi connectivity index (χ2n) is 4.25. The van der Waals surface area contributed by atoms with Gasteiger partial charge in [-0.2, -0.15) is 0 Å². The molecular formula is C15H11FN2O2. The van der Waals surface area contributed by atoms with Crippen molar-refractivity contribution in [2.75, 3.05) is 0 Å². The number of benzene rings is 2. The van der Waals surface area contributed by atoms with Gasteiger partial charge in [-0.3, -0.25) is 0 Å². The van der Waals surface area contributed by atoms with E-state index in [1.54, 1.807) is 42.5 Å². The third-order valence-electron chi connectivity index (χ3n) is 2.91. The summed E-state index contributed by atoms with van der Waals surface area (Å²) in [6.07, 6.45) is 0. The summed E-state index contributed by atoms with van der Waals surface area (Å²) in [5, 5.41) is 16.8. The topological polar surface area (TPSA) is 59.2 Å². The fraction of sp³-hybridized carbons (Fsp3) is 0.0667. The molecule has 0 aliphatic carbocycles. The molecule has 0 radical (unpaired) electrons. The molecule has 0 spiro atoms. The van der Waals surface area contributed by atoms with Gasteiger partial charge in [0.1, 0.15) is 5.82 Å². The van der Waals surface area contributed by atoms with Gasteiger partial charge in [-0.15, -0.1) is 10.2 Å². The zero-order valence-electron chi connectivity index (χ0n) is 10.5. The summed E-state index contributed by atoms with van der Waals surface area (Å²) < 4.78 is 19.1. The Morgan fingerprint density at radius 2 is 1.65 bits per heavy atom. The van der Waals surface area contributed by atoms with E-state index in [1.165, 1.54) is 6.07 Å². The van der Waals surface area contributed by atoms with E-state index in [9.17, 15) is 4.39 Å². The van der Waals surface area contributed by atoms with Gasteiger partial charge in [0, 0.05) is 5.56 Å². The number of aliphatic hydroxyl groups is 1. The Morgan fingerprint density at radius 1 is 0.950 bits per heavy atom. The van der Waals surface area contributed by atoms with E-state index in [4.69, 9.17) is 9.52 Å². The second kappa shape index (κ2) is 5.22. The zero-order chi connectivity index (χ0) is 13.9. The molecule has 1 N–H and O–H groups in total. The Bertz CT molecular complexity index is 723. The fourth-order valence-electron chi connectivity index (χ4n) is 1.84. The molecule has 0 aliphatic heterocycles. The van der Waals surface area contributed by atoms with Gasteiger partial charge in [0.2, 0.25) is 5.89 Å². The standard InChI is InChI=1S/C15H11FN2O2/c16-13-4-2-1-3-12(13)15-18-17-14(20-15)11-7-5-10(9-19)6-8-11/h1-8,19H,9H2. The molecule has 20 heavy (non-hydrogen) atoms. The zero-order valence-corrected chi connectivity index (χ0v) is 10.5. The largest absolute Gasteiger partial charge is 0.416 e. The van der Waals surface area contributed by atoms with Gasteiger partial charge < -0.3 is 9.52 Å². The quantitative estimate of drug-likeness (QED) is 0.794. The maximum Gasteiger partial charge on any atom is 0.251 e. The molecule has 100 valence electrons. The number of rotatable bonds is 3. The number of aliphatic hydroxyl groups excluding tert-OH is 1. The van der Waals surface area contributed by atoms with E-state index < -0.39 is 5.82 Å². The van der Waals surface area contributed by atoms with Crippen molar-refractivity contribution >= 4 is 0 Å². The molecule has 2 aromatic carbocycles. The van der Waals surface area contributed by atoms with E-state index >= 15 is 0 Å². The Balaban J connectivity index is 1.95. The van der Waals surface area contributed by atoms with E-state index in [-0.39, 0.29) is 18.1 Å². The summed E-state index contributed by atoms with van der Waals surface area (Å²) in [5.41, 5.74) is 1.79. The number of halogens is 1. The second-order valence-corrected chi connectivity index (χ2v) is 4.25. The van der Waals surface area contributed by atoms with Crippen molar-refractivity contribution in [2.45, 2.75) is 6.61 Å². The van der Waals surface area contributed by atoms with Crippen LogP contribution < -0.4 is 0 Å². The summed E-state index contributed by atoms with van der Waals surface area (Å²) in [4.78, 5) is 0. The molecular weight excluding hydrogens is 259 g/mol. The van der Waals surface area contributed by atoms with E-state index in [1.807, 2.05) is 0 Å². The molecule has 0 amide bonds. The van der Waals surface area contributed by atoms with Gasteiger partial charge in [-0.25, -0.2) is 4.39 Å². The van der Waals surface area contributed by atoms with Crippen molar-refractivity contribution in [3.8, 4) is 22.9 Å². The Morgan fingerprint density at radius 3 is 2.35 bits per heavy atom. The maximum absolute atomic E-state index is 13.6. The lowest BCUT2D eigenvalue weighted by Crippen LogP contribution is -1.83. The minimum atomic E-state index is -0.404. The predicted molar refractivity (Wildman–Crippen MR) is 71.1 cm³/mol. The summed E-state index contributed by atoms with van der Waals surface area (Å²) in [6.45, 7) is -0.0232. The summed E-state index contributed by atoms with van der Waals surface area (Å²) in [5.74, 6) is 0.0513. The number of hydrogen-bond acceptors (Lipinski definition) is 4. The maximum atomic E-state index is 13.6. The van der Waals surface area contributed by atoms with Gasteiger partial charge >= 0.3 is 0 Å². The van der Waals surface area contributed by atoms with E-state index in [2.05, 4.69) is 10.2 Å². The first-order valence-corrected chi connectivity index (χ1v) is 6.06. The molecule has 0 bridgehead atoms. The first-order chi connectivity index (χ1) is 9.78. The minimum absolute atomic E-state index is 0.0232. The molecule has 0 saturated carbocycles. The van der Waals surface area contributed by atoms with Crippen LogP contribution in [0.2, 0.25) is 0 Å². The lowest BCUT2D eigenvalue weighted by atomic mass is 10.1. The molecule has 0 unspecified atom stereocenters. The molecule has 1 heterocycles. The third-order valence-corrected chi connectivity index (χ3v) is 2.91. The monoisotopic (exact) mass is 270 g/mol. The summed E-state index contributed by atoms with van der Waals surface area (Å²) in [7, 11) is 0. The first kappa shape index (κ1) is 12.5. The average Bonchev–Trinajstić information content (AvgIpc) is 2.97. The number of hydrogen-bond donors (Lipinski definition) is 1. The molecule has 0 fully saturated rings. The van der Waals surface area contributed by atoms with Crippen LogP contribution in [0, 0.1) is 5.82 Å². The van der Waals surface area contributed by atoms with Crippen LogP contribution in [0.1, 0.15) is 5.56 Å². The van der Waals surface area contributed by atoms with Crippen molar-refractivity contribution in [3.05, 3.63) is 59.9 Å². The predicted octanol–water partition coefficient (Wildman–Crippen LogP) is 3.04. The Labute approximate surface area is 114 Å². The van der Waals surface area contributed by atoms with Gasteiger partial charge in [0.05, 0.1) is 12.2 Å². The van der Waals surface area contributed by atoms with Crippen LogP contribution >= 0.6 is 0 Å². The Hall–Kier alpha value is -2.53. The SMILES string of the molecule is OCc1ccc(-c2nnc(-c3ccccc3F)o2)cc1. The fourth-order valence-corrected chi connectivity index (χ4v) is 1.84. The van der Waals surface area contributed by atoms with Crippen LogP contribution in [0.25, 0.3) is 22.9 Å². The van der Waals surface area contributed by atoms with Crippen LogP contribution in [0.15, 0.2) is 52.9 Å². The molecule has 0 atom stereocenters. The first-order valence-electron chi connectivity index (χ1n) is 6.06. The van der Waals surface area contributed by atoms with E-state index in [0.29, 0.717) is 5.89 Å². The van der Waals surface area contributed by atoms with Gasteiger partial charge in [-0.1, -0.05) is 24.3 Å². The summed E-state index contributed by atoms with van der Waals surface area (Å²) in [6, 6.07) is 13.3. The normalized spacial score (nSPS) is 10.7. The highest BCUT2D eigenvalue weighted by Crippen LogP contribution is 2.25. The highest BCUT2D eigenvalue weighted by Gasteiger charge is 2.13. The lowest BCUT2D eigenvalue weighted by molar-refractivity contribution is 0.282. The van der Waals surface area contributed by atoms with Crippen LogP contribution in [-0.4, -0.2) is 15.3 Å². The molecule has 0 aliphatic rings. The van der Waals surface area contributed by atoms with Crippen LogP contribution in [-0.2, 0) is 6.61 Å². The van der Waals surface area contributed by atoms with Gasteiger partial charge in [-0.05, 0) is 29.8 Å². The Kier molecular flexibility index (Phi) is 3.26. The van der Waals surface area contributed by atoms with Crippen LogP contribution in [0.3, 0.4) is 0 Å². The lowest BCUT2D eigenvalue weighted by Gasteiger charge is -1.98. The van der Waals surface area contributed by atoms with E-state index in [0.717, 1.165) is 11.1 Å². The number of aromatic nitrogens is 2. The van der Waals surface area contributed by atoms with Crippen LogP contribution in [0.5, 0.6) is 0 Å². The number of nitrogens with zero attached hydrogens (tertiary/aromatic N) is 2. The van der Waals surface area contributed by atoms with Crippen molar-refractivity contribution in [1.29, 1.82) is 0 Å². The van der Waals surface area contributed by atoms with Crippen molar-refractivity contribution in [1.82, 2.24) is 10.2 Å². The molecule has 0 saturated heterocycles. The van der Waals surface area contributed by atoms with Gasteiger partial charge in [0.15, 0.2) is 0 Å². The van der Waals surface area contributed by atoms with Crippen molar-refractivity contribution in [2.24, 2.45) is 0 Å². The molecule has 4 nitrogen and oxygen atoms in total.